The van der Waals surface area contributed by atoms with Gasteiger partial charge in [-0.3, -0.25) is 4.79 Å². The molecule has 68 valence electrons. The first-order chi connectivity index (χ1) is 6.09. The van der Waals surface area contributed by atoms with E-state index in [4.69, 9.17) is 5.11 Å². The summed E-state index contributed by atoms with van der Waals surface area (Å²) in [7, 11) is 0. The summed E-state index contributed by atoms with van der Waals surface area (Å²) in [5, 5.41) is 8.90. The summed E-state index contributed by atoms with van der Waals surface area (Å²) < 4.78 is 4.32. The molecule has 0 spiro atoms. The Kier molecular flexibility index (Phi) is 2.64. The molecule has 0 unspecified atom stereocenters. The molecule has 4 heteroatoms. The number of hydrogen-bond donors (Lipinski definition) is 1. The van der Waals surface area contributed by atoms with Gasteiger partial charge in [-0.2, -0.15) is 0 Å². The normalized spacial score (nSPS) is 9.31. The van der Waals surface area contributed by atoms with E-state index in [1.807, 2.05) is 0 Å². The van der Waals surface area contributed by atoms with Crippen molar-refractivity contribution in [1.82, 2.24) is 0 Å². The minimum atomic E-state index is -0.715. The molecular formula is C9H8O4. The molecule has 0 aromatic heterocycles. The van der Waals surface area contributed by atoms with Gasteiger partial charge < -0.3 is 9.84 Å². The van der Waals surface area contributed by atoms with E-state index in [0.29, 0.717) is 0 Å². The number of carbonyl (C=O) groups is 2. The van der Waals surface area contributed by atoms with Crippen LogP contribution < -0.4 is 0 Å². The van der Waals surface area contributed by atoms with Crippen molar-refractivity contribution < 1.29 is 19.4 Å². The average Bonchev–Trinajstić information content (AvgIpc) is 2.04. The fourth-order valence-corrected chi connectivity index (χ4v) is 0.787. The van der Waals surface area contributed by atoms with Crippen LogP contribution >= 0.6 is 0 Å². The highest BCUT2D eigenvalue weighted by molar-refractivity contribution is 5.96. The van der Waals surface area contributed by atoms with E-state index in [2.05, 4.69) is 4.74 Å². The van der Waals surface area contributed by atoms with Crippen LogP contribution in [0.25, 0.3) is 0 Å². The van der Waals surface area contributed by atoms with Crippen molar-refractivity contribution >= 4 is 11.9 Å². The summed E-state index contributed by atoms with van der Waals surface area (Å²) in [6.07, 6.45) is 0. The first-order valence-electron chi connectivity index (χ1n) is 3.61. The van der Waals surface area contributed by atoms with Crippen LogP contribution in [-0.2, 0) is 9.53 Å². The number of aromatic hydroxyl groups is 1. The van der Waals surface area contributed by atoms with Crippen LogP contribution in [0.1, 0.15) is 17.3 Å². The maximum Gasteiger partial charge on any atom is 0.345 e. The van der Waals surface area contributed by atoms with Crippen molar-refractivity contribution in [3.05, 3.63) is 29.8 Å². The molecule has 0 aliphatic rings. The lowest BCUT2D eigenvalue weighted by Gasteiger charge is -1.99. The first-order valence-corrected chi connectivity index (χ1v) is 3.61. The Labute approximate surface area is 74.8 Å². The minimum absolute atomic E-state index is 0.0550. The van der Waals surface area contributed by atoms with Crippen molar-refractivity contribution in [3.63, 3.8) is 0 Å². The molecule has 0 amide bonds. The van der Waals surface area contributed by atoms with E-state index >= 15 is 0 Å². The molecule has 13 heavy (non-hydrogen) atoms. The number of carbonyl (C=O) groups excluding carboxylic acids is 2. The highest BCUT2D eigenvalue weighted by Gasteiger charge is 2.08. The standard InChI is InChI=1S/C9H8O4/c1-6(10)13-9(12)7-2-4-8(11)5-3-7/h2-5,11H,1H3. The van der Waals surface area contributed by atoms with Gasteiger partial charge in [0.05, 0.1) is 5.56 Å². The minimum Gasteiger partial charge on any atom is -0.508 e. The molecule has 0 aliphatic heterocycles. The topological polar surface area (TPSA) is 63.6 Å². The summed E-state index contributed by atoms with van der Waals surface area (Å²) in [6.45, 7) is 1.15. The van der Waals surface area contributed by atoms with E-state index in [1.54, 1.807) is 0 Å². The molecule has 1 N–H and O–H groups in total. The van der Waals surface area contributed by atoms with E-state index in [9.17, 15) is 9.59 Å². The second-order valence-electron chi connectivity index (χ2n) is 2.43. The second-order valence-corrected chi connectivity index (χ2v) is 2.43. The van der Waals surface area contributed by atoms with Gasteiger partial charge in [0.25, 0.3) is 0 Å². The van der Waals surface area contributed by atoms with Crippen molar-refractivity contribution in [2.75, 3.05) is 0 Å². The molecule has 0 bridgehead atoms. The zero-order valence-electron chi connectivity index (χ0n) is 6.98. The zero-order valence-corrected chi connectivity index (χ0v) is 6.98. The molecule has 0 heterocycles. The van der Waals surface area contributed by atoms with Crippen LogP contribution in [0.3, 0.4) is 0 Å². The zero-order chi connectivity index (χ0) is 9.84. The smallest absolute Gasteiger partial charge is 0.345 e. The van der Waals surface area contributed by atoms with E-state index in [1.165, 1.54) is 24.3 Å². The van der Waals surface area contributed by atoms with Gasteiger partial charge in [0.2, 0.25) is 0 Å². The number of rotatable bonds is 1. The predicted octanol–water partition coefficient (Wildman–Crippen LogP) is 1.10. The predicted molar refractivity (Wildman–Crippen MR) is 44.2 cm³/mol. The average molecular weight is 180 g/mol. The van der Waals surface area contributed by atoms with Crippen LogP contribution in [-0.4, -0.2) is 17.0 Å². The molecule has 1 aromatic rings. The third-order valence-electron chi connectivity index (χ3n) is 1.34. The van der Waals surface area contributed by atoms with Crippen molar-refractivity contribution in [2.45, 2.75) is 6.92 Å². The Balaban J connectivity index is 2.78. The maximum atomic E-state index is 11.0. The Morgan fingerprint density at radius 1 is 1.23 bits per heavy atom. The SMILES string of the molecule is CC(=O)OC(=O)c1ccc(O)cc1. The fourth-order valence-electron chi connectivity index (χ4n) is 0.787. The van der Waals surface area contributed by atoms with Crippen molar-refractivity contribution in [1.29, 1.82) is 0 Å². The highest BCUT2D eigenvalue weighted by Crippen LogP contribution is 2.10. The summed E-state index contributed by atoms with van der Waals surface area (Å²) in [5.41, 5.74) is 0.230. The molecule has 0 saturated carbocycles. The first kappa shape index (κ1) is 9.25. The molecule has 0 fully saturated rings. The molecule has 0 radical (unpaired) electrons. The van der Waals surface area contributed by atoms with Gasteiger partial charge in [-0.25, -0.2) is 4.79 Å². The molecular weight excluding hydrogens is 172 g/mol. The van der Waals surface area contributed by atoms with Crippen LogP contribution in [0.15, 0.2) is 24.3 Å². The lowest BCUT2D eigenvalue weighted by Crippen LogP contribution is -2.08. The molecule has 1 rings (SSSR count). The highest BCUT2D eigenvalue weighted by atomic mass is 16.6. The summed E-state index contributed by atoms with van der Waals surface area (Å²) >= 11 is 0. The monoisotopic (exact) mass is 180 g/mol. The number of phenols is 1. The van der Waals surface area contributed by atoms with E-state index in [-0.39, 0.29) is 11.3 Å². The summed E-state index contributed by atoms with van der Waals surface area (Å²) in [6, 6.07) is 5.44. The van der Waals surface area contributed by atoms with Gasteiger partial charge in [0, 0.05) is 6.92 Å². The quantitative estimate of drug-likeness (QED) is 0.519. The van der Waals surface area contributed by atoms with Gasteiger partial charge in [0.15, 0.2) is 0 Å². The molecule has 0 atom stereocenters. The fraction of sp³-hybridized carbons (Fsp3) is 0.111. The van der Waals surface area contributed by atoms with Gasteiger partial charge in [0.1, 0.15) is 5.75 Å². The van der Waals surface area contributed by atoms with Gasteiger partial charge in [-0.1, -0.05) is 0 Å². The van der Waals surface area contributed by atoms with Gasteiger partial charge >= 0.3 is 11.9 Å². The van der Waals surface area contributed by atoms with E-state index in [0.717, 1.165) is 6.92 Å². The molecule has 0 saturated heterocycles. The van der Waals surface area contributed by atoms with E-state index < -0.39 is 11.9 Å². The van der Waals surface area contributed by atoms with Crippen molar-refractivity contribution in [3.8, 4) is 5.75 Å². The Hall–Kier alpha value is -1.84. The third kappa shape index (κ3) is 2.59. The molecule has 1 aromatic carbocycles. The van der Waals surface area contributed by atoms with Gasteiger partial charge in [-0.15, -0.1) is 0 Å². The third-order valence-corrected chi connectivity index (χ3v) is 1.34. The van der Waals surface area contributed by atoms with Crippen LogP contribution in [0, 0.1) is 0 Å². The number of ether oxygens (including phenoxy) is 1. The van der Waals surface area contributed by atoms with Gasteiger partial charge in [-0.05, 0) is 24.3 Å². The Morgan fingerprint density at radius 3 is 2.23 bits per heavy atom. The number of esters is 2. The van der Waals surface area contributed by atoms with Crippen LogP contribution in [0.4, 0.5) is 0 Å². The summed E-state index contributed by atoms with van der Waals surface area (Å²) in [4.78, 5) is 21.4. The largest absolute Gasteiger partial charge is 0.508 e. The Morgan fingerprint density at radius 2 is 1.77 bits per heavy atom. The van der Waals surface area contributed by atoms with Crippen LogP contribution in [0.2, 0.25) is 0 Å². The van der Waals surface area contributed by atoms with Crippen LogP contribution in [0.5, 0.6) is 5.75 Å². The number of phenolic OH excluding ortho intramolecular Hbond substituents is 1. The number of benzene rings is 1. The lowest BCUT2D eigenvalue weighted by atomic mass is 10.2. The maximum absolute atomic E-state index is 11.0. The second kappa shape index (κ2) is 3.71. The summed E-state index contributed by atoms with van der Waals surface area (Å²) in [5.74, 6) is -1.31. The number of hydrogen-bond acceptors (Lipinski definition) is 4. The Bertz CT molecular complexity index is 326. The lowest BCUT2D eigenvalue weighted by molar-refractivity contribution is -0.135. The van der Waals surface area contributed by atoms with Crippen molar-refractivity contribution in [2.24, 2.45) is 0 Å². The molecule has 4 nitrogen and oxygen atoms in total. The molecule has 0 aliphatic carbocycles.